The number of hydrogen-bond acceptors (Lipinski definition) is 4. The van der Waals surface area contributed by atoms with E-state index in [1.807, 2.05) is 39.8 Å². The van der Waals surface area contributed by atoms with E-state index < -0.39 is 0 Å². The monoisotopic (exact) mass is 361 g/mol. The molecule has 144 valence electrons. The number of likely N-dealkylation sites (N-methyl/N-ethyl adjacent to an activating group) is 1. The first kappa shape index (κ1) is 21.7. The molecule has 0 bridgehead atoms. The number of carbonyl (C=O) groups excluding carboxylic acids is 2. The Morgan fingerprint density at radius 1 is 1.12 bits per heavy atom. The number of nitrogens with one attached hydrogen (secondary N) is 3. The van der Waals surface area contributed by atoms with E-state index in [0.29, 0.717) is 12.3 Å². The Balaban J connectivity index is 2.45. The molecule has 26 heavy (non-hydrogen) atoms. The van der Waals surface area contributed by atoms with Crippen LogP contribution in [-0.2, 0) is 20.9 Å². The van der Waals surface area contributed by atoms with Crippen LogP contribution in [0.25, 0.3) is 0 Å². The molecular weight excluding hydrogens is 330 g/mol. The van der Waals surface area contributed by atoms with Crippen molar-refractivity contribution in [3.63, 3.8) is 0 Å². The van der Waals surface area contributed by atoms with E-state index in [9.17, 15) is 9.59 Å². The number of ether oxygens (including phenoxy) is 1. The van der Waals surface area contributed by atoms with E-state index >= 15 is 0 Å². The molecule has 1 aromatic rings. The van der Waals surface area contributed by atoms with Crippen LogP contribution in [-0.4, -0.2) is 31.4 Å². The van der Waals surface area contributed by atoms with Crippen molar-refractivity contribution in [3.05, 3.63) is 42.2 Å². The number of amides is 2. The molecule has 1 rings (SSSR count). The van der Waals surface area contributed by atoms with Crippen LogP contribution in [0.15, 0.2) is 36.6 Å². The van der Waals surface area contributed by atoms with E-state index in [1.165, 1.54) is 0 Å². The third-order valence-corrected chi connectivity index (χ3v) is 3.99. The van der Waals surface area contributed by atoms with Gasteiger partial charge in [-0.25, -0.2) is 0 Å². The lowest BCUT2D eigenvalue weighted by Gasteiger charge is -2.19. The Bertz CT molecular complexity index is 609. The van der Waals surface area contributed by atoms with Gasteiger partial charge in [-0.1, -0.05) is 46.4 Å². The van der Waals surface area contributed by atoms with Crippen molar-refractivity contribution in [3.8, 4) is 0 Å². The first-order chi connectivity index (χ1) is 12.2. The van der Waals surface area contributed by atoms with Crippen molar-refractivity contribution in [1.82, 2.24) is 10.6 Å². The first-order valence-corrected chi connectivity index (χ1v) is 8.90. The van der Waals surface area contributed by atoms with E-state index in [4.69, 9.17) is 4.74 Å². The van der Waals surface area contributed by atoms with Gasteiger partial charge in [-0.3, -0.25) is 9.59 Å². The van der Waals surface area contributed by atoms with Crippen molar-refractivity contribution < 1.29 is 14.3 Å². The van der Waals surface area contributed by atoms with Crippen molar-refractivity contribution in [2.24, 2.45) is 11.8 Å². The summed E-state index contributed by atoms with van der Waals surface area (Å²) in [4.78, 5) is 24.0. The van der Waals surface area contributed by atoms with Gasteiger partial charge in [0.2, 0.25) is 11.8 Å². The maximum absolute atomic E-state index is 12.0. The summed E-state index contributed by atoms with van der Waals surface area (Å²) in [6, 6.07) is 7.07. The number of rotatable bonds is 10. The van der Waals surface area contributed by atoms with Crippen LogP contribution in [0.2, 0.25) is 0 Å². The van der Waals surface area contributed by atoms with Gasteiger partial charge in [-0.2, -0.15) is 0 Å². The fraction of sp³-hybridized carbons (Fsp3) is 0.500. The van der Waals surface area contributed by atoms with Gasteiger partial charge in [-0.15, -0.1) is 0 Å². The number of benzene rings is 1. The number of carbonyl (C=O) groups is 2. The lowest BCUT2D eigenvalue weighted by Crippen LogP contribution is -2.47. The van der Waals surface area contributed by atoms with E-state index in [-0.39, 0.29) is 36.2 Å². The predicted molar refractivity (Wildman–Crippen MR) is 105 cm³/mol. The van der Waals surface area contributed by atoms with Gasteiger partial charge in [-0.05, 0) is 30.7 Å². The second-order valence-electron chi connectivity index (χ2n) is 6.88. The molecule has 0 radical (unpaired) electrons. The maximum Gasteiger partial charge on any atom is 0.243 e. The van der Waals surface area contributed by atoms with Gasteiger partial charge < -0.3 is 20.7 Å². The Morgan fingerprint density at radius 2 is 1.73 bits per heavy atom. The molecule has 6 heteroatoms. The van der Waals surface area contributed by atoms with Crippen LogP contribution in [0.4, 0.5) is 5.69 Å². The molecule has 0 aliphatic heterocycles. The zero-order valence-electron chi connectivity index (χ0n) is 16.4. The Hall–Kier alpha value is -2.34. The minimum Gasteiger partial charge on any atom is -0.494 e. The molecule has 0 aliphatic rings. The lowest BCUT2D eigenvalue weighted by molar-refractivity contribution is -0.126. The number of allylic oxidation sites excluding steroid dienone is 1. The van der Waals surface area contributed by atoms with Crippen LogP contribution in [0.5, 0.6) is 0 Å². The third kappa shape index (κ3) is 7.27. The molecule has 1 unspecified atom stereocenters. The quantitative estimate of drug-likeness (QED) is 0.560. The van der Waals surface area contributed by atoms with E-state index in [0.717, 1.165) is 11.3 Å². The fourth-order valence-corrected chi connectivity index (χ4v) is 2.28. The first-order valence-electron chi connectivity index (χ1n) is 8.90. The smallest absolute Gasteiger partial charge is 0.243 e. The van der Waals surface area contributed by atoms with Crippen LogP contribution in [0.1, 0.15) is 33.3 Å². The SMILES string of the molecule is C=C(OCc1ccc(NC(=O)CNC(=O)C(NC)C(C)C)cc1)C(C)C. The average Bonchev–Trinajstić information content (AvgIpc) is 2.59. The molecule has 1 atom stereocenters. The van der Waals surface area contributed by atoms with Gasteiger partial charge in [0.15, 0.2) is 0 Å². The lowest BCUT2D eigenvalue weighted by atomic mass is 10.0. The molecule has 0 saturated carbocycles. The minimum atomic E-state index is -0.317. The highest BCUT2D eigenvalue weighted by atomic mass is 16.5. The zero-order chi connectivity index (χ0) is 19.7. The molecule has 0 saturated heterocycles. The highest BCUT2D eigenvalue weighted by Gasteiger charge is 2.20. The molecule has 0 fully saturated rings. The second kappa shape index (κ2) is 10.6. The van der Waals surface area contributed by atoms with Gasteiger partial charge in [0, 0.05) is 11.6 Å². The summed E-state index contributed by atoms with van der Waals surface area (Å²) >= 11 is 0. The Labute approximate surface area is 156 Å². The largest absolute Gasteiger partial charge is 0.494 e. The summed E-state index contributed by atoms with van der Waals surface area (Å²) in [5, 5.41) is 8.35. The molecule has 0 aromatic heterocycles. The Morgan fingerprint density at radius 3 is 2.23 bits per heavy atom. The molecule has 1 aromatic carbocycles. The Kier molecular flexibility index (Phi) is 8.85. The molecule has 6 nitrogen and oxygen atoms in total. The van der Waals surface area contributed by atoms with Crippen LogP contribution in [0.3, 0.4) is 0 Å². The second-order valence-corrected chi connectivity index (χ2v) is 6.88. The van der Waals surface area contributed by atoms with Crippen LogP contribution < -0.4 is 16.0 Å². The van der Waals surface area contributed by atoms with Gasteiger partial charge in [0.1, 0.15) is 6.61 Å². The third-order valence-electron chi connectivity index (χ3n) is 3.99. The van der Waals surface area contributed by atoms with Crippen LogP contribution in [0, 0.1) is 11.8 Å². The van der Waals surface area contributed by atoms with Gasteiger partial charge in [0.25, 0.3) is 0 Å². The van der Waals surface area contributed by atoms with Crippen molar-refractivity contribution in [1.29, 1.82) is 0 Å². The molecular formula is C20H31N3O3. The van der Waals surface area contributed by atoms with Gasteiger partial charge >= 0.3 is 0 Å². The highest BCUT2D eigenvalue weighted by molar-refractivity contribution is 5.95. The maximum atomic E-state index is 12.0. The summed E-state index contributed by atoms with van der Waals surface area (Å²) in [5.41, 5.74) is 1.66. The topological polar surface area (TPSA) is 79.5 Å². The summed E-state index contributed by atoms with van der Waals surface area (Å²) in [5.74, 6) is 0.718. The summed E-state index contributed by atoms with van der Waals surface area (Å²) < 4.78 is 5.59. The molecule has 0 aliphatic carbocycles. The summed E-state index contributed by atoms with van der Waals surface area (Å²) in [6.07, 6.45) is 0. The molecule has 3 N–H and O–H groups in total. The summed E-state index contributed by atoms with van der Waals surface area (Å²) in [7, 11) is 1.73. The van der Waals surface area contributed by atoms with Gasteiger partial charge in [0.05, 0.1) is 18.3 Å². The fourth-order valence-electron chi connectivity index (χ4n) is 2.28. The number of hydrogen-bond donors (Lipinski definition) is 3. The van der Waals surface area contributed by atoms with Crippen molar-refractivity contribution in [2.45, 2.75) is 40.3 Å². The van der Waals surface area contributed by atoms with E-state index in [2.05, 4.69) is 22.5 Å². The number of anilines is 1. The zero-order valence-corrected chi connectivity index (χ0v) is 16.4. The van der Waals surface area contributed by atoms with Crippen molar-refractivity contribution in [2.75, 3.05) is 18.9 Å². The summed E-state index contributed by atoms with van der Waals surface area (Å²) in [6.45, 7) is 12.2. The predicted octanol–water partition coefficient (Wildman–Crippen LogP) is 2.67. The normalized spacial score (nSPS) is 12.0. The average molecular weight is 361 g/mol. The minimum absolute atomic E-state index is 0.0667. The standard InChI is InChI=1S/C20H31N3O3/c1-13(2)15(5)26-12-16-7-9-17(10-8-16)23-18(24)11-22-20(25)19(21-6)14(3)4/h7-10,13-14,19,21H,5,11-12H2,1-4,6H3,(H,22,25)(H,23,24). The van der Waals surface area contributed by atoms with E-state index in [1.54, 1.807) is 19.2 Å². The van der Waals surface area contributed by atoms with Crippen LogP contribution >= 0.6 is 0 Å². The molecule has 0 spiro atoms. The molecule has 0 heterocycles. The van der Waals surface area contributed by atoms with Crippen molar-refractivity contribution >= 4 is 17.5 Å². The molecule has 2 amide bonds. The highest BCUT2D eigenvalue weighted by Crippen LogP contribution is 2.14.